The fourth-order valence-electron chi connectivity index (χ4n) is 1.42. The van der Waals surface area contributed by atoms with Gasteiger partial charge in [0.05, 0.1) is 5.03 Å². The molecular weight excluding hydrogens is 204 g/mol. The minimum Gasteiger partial charge on any atom is -0.350 e. The number of hydrogen-bond acceptors (Lipinski definition) is 2. The van der Waals surface area contributed by atoms with Crippen LogP contribution in [0.1, 0.15) is 6.92 Å². The molecule has 1 heterocycles. The average molecular weight is 220 g/mol. The third kappa shape index (κ3) is 2.55. The van der Waals surface area contributed by atoms with Crippen LogP contribution < -0.4 is 5.73 Å². The highest BCUT2D eigenvalue weighted by Gasteiger charge is 2.03. The van der Waals surface area contributed by atoms with Crippen LogP contribution in [0.25, 0.3) is 10.9 Å². The van der Waals surface area contributed by atoms with Crippen molar-refractivity contribution in [2.24, 2.45) is 11.7 Å². The number of nitrogens with one attached hydrogen (secondary N) is 1. The van der Waals surface area contributed by atoms with Crippen LogP contribution in [-0.2, 0) is 0 Å². The summed E-state index contributed by atoms with van der Waals surface area (Å²) in [5, 5.41) is 2.51. The number of aromatic amines is 1. The van der Waals surface area contributed by atoms with E-state index in [2.05, 4.69) is 42.2 Å². The zero-order valence-corrected chi connectivity index (χ0v) is 9.68. The lowest BCUT2D eigenvalue weighted by Gasteiger charge is -2.05. The zero-order valence-electron chi connectivity index (χ0n) is 8.86. The Balaban J connectivity index is 2.09. The number of nitrogens with two attached hydrogens (primary N) is 1. The van der Waals surface area contributed by atoms with Gasteiger partial charge in [-0.15, -0.1) is 11.8 Å². The van der Waals surface area contributed by atoms with Crippen LogP contribution in [0.2, 0.25) is 0 Å². The third-order valence-electron chi connectivity index (χ3n) is 2.43. The van der Waals surface area contributed by atoms with Gasteiger partial charge in [-0.05, 0) is 24.6 Å². The van der Waals surface area contributed by atoms with E-state index in [-0.39, 0.29) is 0 Å². The number of thioether (sulfide) groups is 1. The summed E-state index contributed by atoms with van der Waals surface area (Å²) in [7, 11) is 0. The first-order valence-electron chi connectivity index (χ1n) is 5.20. The second-order valence-corrected chi connectivity index (χ2v) is 4.93. The van der Waals surface area contributed by atoms with Crippen LogP contribution in [-0.4, -0.2) is 17.3 Å². The van der Waals surface area contributed by atoms with Crippen LogP contribution in [0, 0.1) is 5.92 Å². The lowest BCUT2D eigenvalue weighted by Crippen LogP contribution is -2.12. The Morgan fingerprint density at radius 3 is 2.93 bits per heavy atom. The summed E-state index contributed by atoms with van der Waals surface area (Å²) in [5.74, 6) is 1.64. The number of hydrogen-bond donors (Lipinski definition) is 2. The summed E-state index contributed by atoms with van der Waals surface area (Å²) in [5.41, 5.74) is 6.80. The standard InChI is InChI=1S/C12H16N2S/c1-9(7-13)8-15-12-6-10-4-2-3-5-11(10)14-12/h2-6,9,14H,7-8,13H2,1H3. The Labute approximate surface area is 94.2 Å². The van der Waals surface area contributed by atoms with Crippen LogP contribution in [0.3, 0.4) is 0 Å². The van der Waals surface area contributed by atoms with Crippen LogP contribution >= 0.6 is 11.8 Å². The van der Waals surface area contributed by atoms with Crippen molar-refractivity contribution in [2.45, 2.75) is 11.9 Å². The molecular formula is C12H16N2S. The fraction of sp³-hybridized carbons (Fsp3) is 0.333. The van der Waals surface area contributed by atoms with Crippen molar-refractivity contribution in [3.05, 3.63) is 30.3 Å². The molecule has 1 aromatic heterocycles. The minimum absolute atomic E-state index is 0.571. The number of benzene rings is 1. The van der Waals surface area contributed by atoms with Gasteiger partial charge in [-0.3, -0.25) is 0 Å². The molecule has 80 valence electrons. The number of rotatable bonds is 4. The molecule has 0 spiro atoms. The van der Waals surface area contributed by atoms with E-state index >= 15 is 0 Å². The Bertz CT molecular complexity index is 403. The highest BCUT2D eigenvalue weighted by atomic mass is 32.2. The fourth-order valence-corrected chi connectivity index (χ4v) is 2.42. The summed E-state index contributed by atoms with van der Waals surface area (Å²) in [6.45, 7) is 2.93. The molecule has 2 aromatic rings. The van der Waals surface area contributed by atoms with Crippen molar-refractivity contribution < 1.29 is 0 Å². The van der Waals surface area contributed by atoms with Gasteiger partial charge in [0.15, 0.2) is 0 Å². The lowest BCUT2D eigenvalue weighted by atomic mass is 10.2. The number of H-pyrrole nitrogens is 1. The van der Waals surface area contributed by atoms with Gasteiger partial charge in [-0.25, -0.2) is 0 Å². The second-order valence-electron chi connectivity index (χ2n) is 3.87. The zero-order chi connectivity index (χ0) is 10.7. The van der Waals surface area contributed by atoms with E-state index in [1.807, 2.05) is 11.8 Å². The third-order valence-corrected chi connectivity index (χ3v) is 3.70. The molecule has 0 saturated carbocycles. The Morgan fingerprint density at radius 1 is 1.40 bits per heavy atom. The molecule has 1 unspecified atom stereocenters. The molecule has 0 radical (unpaired) electrons. The van der Waals surface area contributed by atoms with Gasteiger partial charge in [0.1, 0.15) is 0 Å². The molecule has 1 atom stereocenters. The van der Waals surface area contributed by atoms with Gasteiger partial charge < -0.3 is 10.7 Å². The van der Waals surface area contributed by atoms with Crippen molar-refractivity contribution in [1.82, 2.24) is 4.98 Å². The molecule has 1 aromatic carbocycles. The summed E-state index contributed by atoms with van der Waals surface area (Å²) in [4.78, 5) is 3.40. The maximum atomic E-state index is 5.59. The smallest absolute Gasteiger partial charge is 0.0732 e. The summed E-state index contributed by atoms with van der Waals surface area (Å²) in [6, 6.07) is 10.5. The molecule has 0 amide bonds. The van der Waals surface area contributed by atoms with Crippen LogP contribution in [0.15, 0.2) is 35.4 Å². The lowest BCUT2D eigenvalue weighted by molar-refractivity contribution is 0.675. The van der Waals surface area contributed by atoms with Crippen LogP contribution in [0.4, 0.5) is 0 Å². The van der Waals surface area contributed by atoms with E-state index in [1.54, 1.807) is 0 Å². The first-order valence-corrected chi connectivity index (χ1v) is 6.19. The molecule has 2 nitrogen and oxygen atoms in total. The van der Waals surface area contributed by atoms with Gasteiger partial charge in [0, 0.05) is 16.7 Å². The Morgan fingerprint density at radius 2 is 2.20 bits per heavy atom. The van der Waals surface area contributed by atoms with E-state index in [9.17, 15) is 0 Å². The van der Waals surface area contributed by atoms with E-state index < -0.39 is 0 Å². The molecule has 3 heteroatoms. The van der Waals surface area contributed by atoms with Gasteiger partial charge in [0.2, 0.25) is 0 Å². The highest BCUT2D eigenvalue weighted by Crippen LogP contribution is 2.24. The minimum atomic E-state index is 0.571. The largest absolute Gasteiger partial charge is 0.350 e. The van der Waals surface area contributed by atoms with E-state index in [4.69, 9.17) is 5.73 Å². The maximum absolute atomic E-state index is 5.59. The molecule has 3 N–H and O–H groups in total. The van der Waals surface area contributed by atoms with Crippen molar-refractivity contribution in [1.29, 1.82) is 0 Å². The number of aromatic nitrogens is 1. The Kier molecular flexibility index (Phi) is 3.34. The van der Waals surface area contributed by atoms with Crippen molar-refractivity contribution in [3.63, 3.8) is 0 Å². The molecule has 15 heavy (non-hydrogen) atoms. The van der Waals surface area contributed by atoms with E-state index in [0.717, 1.165) is 12.3 Å². The second kappa shape index (κ2) is 4.73. The molecule has 0 fully saturated rings. The van der Waals surface area contributed by atoms with Crippen molar-refractivity contribution in [2.75, 3.05) is 12.3 Å². The number of fused-ring (bicyclic) bond motifs is 1. The summed E-state index contributed by atoms with van der Waals surface area (Å²) in [6.07, 6.45) is 0. The first-order chi connectivity index (χ1) is 7.29. The average Bonchev–Trinajstić information content (AvgIpc) is 2.68. The Hall–Kier alpha value is -0.930. The van der Waals surface area contributed by atoms with E-state index in [0.29, 0.717) is 5.92 Å². The van der Waals surface area contributed by atoms with Crippen molar-refractivity contribution in [3.8, 4) is 0 Å². The molecule has 0 saturated heterocycles. The molecule has 2 rings (SSSR count). The van der Waals surface area contributed by atoms with E-state index in [1.165, 1.54) is 15.9 Å². The van der Waals surface area contributed by atoms with Gasteiger partial charge in [-0.2, -0.15) is 0 Å². The molecule has 0 aliphatic heterocycles. The number of para-hydroxylation sites is 1. The highest BCUT2D eigenvalue weighted by molar-refractivity contribution is 7.99. The summed E-state index contributed by atoms with van der Waals surface area (Å²) < 4.78 is 0. The molecule has 0 aliphatic carbocycles. The first kappa shape index (κ1) is 10.6. The van der Waals surface area contributed by atoms with Crippen LogP contribution in [0.5, 0.6) is 0 Å². The predicted molar refractivity (Wildman–Crippen MR) is 67.2 cm³/mol. The van der Waals surface area contributed by atoms with Gasteiger partial charge in [0.25, 0.3) is 0 Å². The van der Waals surface area contributed by atoms with Gasteiger partial charge >= 0.3 is 0 Å². The topological polar surface area (TPSA) is 41.8 Å². The normalized spacial score (nSPS) is 13.2. The summed E-state index contributed by atoms with van der Waals surface area (Å²) >= 11 is 1.84. The van der Waals surface area contributed by atoms with Gasteiger partial charge in [-0.1, -0.05) is 25.1 Å². The SMILES string of the molecule is CC(CN)CSc1cc2ccccc2[nH]1. The van der Waals surface area contributed by atoms with Crippen molar-refractivity contribution >= 4 is 22.7 Å². The molecule has 0 aliphatic rings. The monoisotopic (exact) mass is 220 g/mol. The predicted octanol–water partition coefficient (Wildman–Crippen LogP) is 2.85. The maximum Gasteiger partial charge on any atom is 0.0732 e. The molecule has 0 bridgehead atoms. The quantitative estimate of drug-likeness (QED) is 0.778.